The minimum absolute atomic E-state index is 0.0989. The predicted octanol–water partition coefficient (Wildman–Crippen LogP) is 1.84. The Labute approximate surface area is 83.4 Å². The Morgan fingerprint density at radius 1 is 1.62 bits per heavy atom. The summed E-state index contributed by atoms with van der Waals surface area (Å²) in [5, 5.41) is 2.83. The molecule has 0 aromatic carbocycles. The molecule has 5 heteroatoms. The van der Waals surface area contributed by atoms with Gasteiger partial charge in [0, 0.05) is 18.6 Å². The zero-order chi connectivity index (χ0) is 9.59. The second-order valence-corrected chi connectivity index (χ2v) is 4.08. The molecule has 13 heavy (non-hydrogen) atoms. The molecule has 0 atom stereocenters. The number of hydrogen-bond acceptors (Lipinski definition) is 3. The Balaban J connectivity index is 3.10. The molecule has 0 bridgehead atoms. The summed E-state index contributed by atoms with van der Waals surface area (Å²) < 4.78 is 2.20. The van der Waals surface area contributed by atoms with Crippen molar-refractivity contribution in [1.82, 2.24) is 4.57 Å². The third kappa shape index (κ3) is 1.14. The van der Waals surface area contributed by atoms with E-state index in [0.29, 0.717) is 16.1 Å². The minimum atomic E-state index is -0.0989. The predicted molar refractivity (Wildman–Crippen MR) is 56.5 cm³/mol. The van der Waals surface area contributed by atoms with Crippen molar-refractivity contribution >= 4 is 38.7 Å². The van der Waals surface area contributed by atoms with Gasteiger partial charge >= 0.3 is 0 Å². The molecule has 2 aromatic heterocycles. The zero-order valence-corrected chi connectivity index (χ0v) is 8.45. The van der Waals surface area contributed by atoms with Crippen molar-refractivity contribution in [2.45, 2.75) is 0 Å². The van der Waals surface area contributed by atoms with Crippen molar-refractivity contribution in [3.05, 3.63) is 27.0 Å². The Kier molecular flexibility index (Phi) is 1.82. The summed E-state index contributed by atoms with van der Waals surface area (Å²) in [6.07, 6.45) is 1.60. The van der Waals surface area contributed by atoms with E-state index in [1.807, 2.05) is 0 Å². The number of halogens is 1. The first-order chi connectivity index (χ1) is 6.11. The normalized spacial score (nSPS) is 10.9. The minimum Gasteiger partial charge on any atom is -0.397 e. The van der Waals surface area contributed by atoms with Crippen LogP contribution in [0.3, 0.4) is 0 Å². The summed E-state index contributed by atoms with van der Waals surface area (Å²) in [5.41, 5.74) is 6.06. The van der Waals surface area contributed by atoms with Crippen LogP contribution in [0.25, 0.3) is 10.1 Å². The number of nitrogens with zero attached hydrogens (tertiary/aromatic N) is 1. The van der Waals surface area contributed by atoms with Crippen LogP contribution in [0.4, 0.5) is 5.69 Å². The number of pyridine rings is 1. The van der Waals surface area contributed by atoms with Crippen molar-refractivity contribution in [2.75, 3.05) is 5.73 Å². The van der Waals surface area contributed by atoms with Crippen LogP contribution in [0.5, 0.6) is 0 Å². The highest BCUT2D eigenvalue weighted by Crippen LogP contribution is 2.30. The number of thiophene rings is 1. The molecule has 0 fully saturated rings. The third-order valence-corrected chi connectivity index (χ3v) is 3.31. The van der Waals surface area contributed by atoms with E-state index < -0.39 is 0 Å². The maximum atomic E-state index is 11.6. The lowest BCUT2D eigenvalue weighted by molar-refractivity contribution is 0.874. The number of rotatable bonds is 0. The van der Waals surface area contributed by atoms with Crippen LogP contribution >= 0.6 is 22.9 Å². The van der Waals surface area contributed by atoms with Gasteiger partial charge in [-0.05, 0) is 0 Å². The van der Waals surface area contributed by atoms with E-state index >= 15 is 0 Å². The second kappa shape index (κ2) is 2.75. The van der Waals surface area contributed by atoms with Gasteiger partial charge in [-0.2, -0.15) is 0 Å². The van der Waals surface area contributed by atoms with Gasteiger partial charge in [-0.1, -0.05) is 11.6 Å². The smallest absolute Gasteiger partial charge is 0.261 e. The van der Waals surface area contributed by atoms with Crippen LogP contribution in [0, 0.1) is 0 Å². The lowest BCUT2D eigenvalue weighted by Gasteiger charge is -1.99. The van der Waals surface area contributed by atoms with Crippen molar-refractivity contribution in [3.8, 4) is 0 Å². The molecule has 2 aromatic rings. The standard InChI is InChI=1S/C8H7ClN2OS/c1-11-2-4(9)7-6(8(11)12)5(10)3-13-7/h2-3H,10H2,1H3. The summed E-state index contributed by atoms with van der Waals surface area (Å²) >= 11 is 7.34. The van der Waals surface area contributed by atoms with E-state index in [1.165, 1.54) is 15.9 Å². The highest BCUT2D eigenvalue weighted by Gasteiger charge is 2.10. The second-order valence-electron chi connectivity index (χ2n) is 2.79. The maximum Gasteiger partial charge on any atom is 0.261 e. The molecular formula is C8H7ClN2OS. The lowest BCUT2D eigenvalue weighted by Crippen LogP contribution is -2.16. The fourth-order valence-corrected chi connectivity index (χ4v) is 2.46. The van der Waals surface area contributed by atoms with Gasteiger partial charge < -0.3 is 10.3 Å². The molecule has 0 aliphatic carbocycles. The molecular weight excluding hydrogens is 208 g/mol. The SMILES string of the molecule is Cn1cc(Cl)c2scc(N)c2c1=O. The molecule has 2 N–H and O–H groups in total. The molecule has 0 spiro atoms. The molecule has 0 saturated heterocycles. The molecule has 2 rings (SSSR count). The quantitative estimate of drug-likeness (QED) is 0.728. The van der Waals surface area contributed by atoms with E-state index in [4.69, 9.17) is 17.3 Å². The first-order valence-corrected chi connectivity index (χ1v) is 4.89. The first kappa shape index (κ1) is 8.59. The van der Waals surface area contributed by atoms with E-state index in [9.17, 15) is 4.79 Å². The van der Waals surface area contributed by atoms with E-state index in [-0.39, 0.29) is 5.56 Å². The summed E-state index contributed by atoms with van der Waals surface area (Å²) in [6.45, 7) is 0. The fourth-order valence-electron chi connectivity index (χ4n) is 1.23. The Morgan fingerprint density at radius 3 is 3.00 bits per heavy atom. The van der Waals surface area contributed by atoms with Gasteiger partial charge in [-0.15, -0.1) is 11.3 Å². The van der Waals surface area contributed by atoms with Gasteiger partial charge in [-0.3, -0.25) is 4.79 Å². The van der Waals surface area contributed by atoms with Crippen molar-refractivity contribution in [2.24, 2.45) is 7.05 Å². The highest BCUT2D eigenvalue weighted by atomic mass is 35.5. The first-order valence-electron chi connectivity index (χ1n) is 3.63. The molecule has 0 saturated carbocycles. The van der Waals surface area contributed by atoms with Gasteiger partial charge in [0.15, 0.2) is 0 Å². The summed E-state index contributed by atoms with van der Waals surface area (Å²) in [6, 6.07) is 0. The maximum absolute atomic E-state index is 11.6. The van der Waals surface area contributed by atoms with Gasteiger partial charge in [0.1, 0.15) is 0 Å². The topological polar surface area (TPSA) is 48.0 Å². The number of fused-ring (bicyclic) bond motifs is 1. The Morgan fingerprint density at radius 2 is 2.31 bits per heavy atom. The zero-order valence-electron chi connectivity index (χ0n) is 6.87. The van der Waals surface area contributed by atoms with Gasteiger partial charge in [0.05, 0.1) is 20.8 Å². The fraction of sp³-hybridized carbons (Fsp3) is 0.125. The monoisotopic (exact) mass is 214 g/mol. The Hall–Kier alpha value is -1.00. The number of nitrogens with two attached hydrogens (primary N) is 1. The van der Waals surface area contributed by atoms with Crippen LogP contribution in [0.15, 0.2) is 16.4 Å². The van der Waals surface area contributed by atoms with Crippen LogP contribution in [-0.4, -0.2) is 4.57 Å². The van der Waals surface area contributed by atoms with E-state index in [1.54, 1.807) is 18.6 Å². The lowest BCUT2D eigenvalue weighted by atomic mass is 10.3. The number of aryl methyl sites for hydroxylation is 1. The van der Waals surface area contributed by atoms with Crippen molar-refractivity contribution in [1.29, 1.82) is 0 Å². The molecule has 3 nitrogen and oxygen atoms in total. The van der Waals surface area contributed by atoms with E-state index in [0.717, 1.165) is 4.70 Å². The largest absolute Gasteiger partial charge is 0.397 e. The van der Waals surface area contributed by atoms with Crippen molar-refractivity contribution < 1.29 is 0 Å². The molecule has 0 radical (unpaired) electrons. The molecule has 0 aliphatic rings. The Bertz CT molecular complexity index is 529. The molecule has 0 unspecified atom stereocenters. The summed E-state index contributed by atoms with van der Waals surface area (Å²) in [5.74, 6) is 0. The van der Waals surface area contributed by atoms with Crippen LogP contribution in [0.2, 0.25) is 5.02 Å². The third-order valence-electron chi connectivity index (χ3n) is 1.88. The van der Waals surface area contributed by atoms with Crippen molar-refractivity contribution in [3.63, 3.8) is 0 Å². The average Bonchev–Trinajstić information content (AvgIpc) is 2.44. The molecule has 68 valence electrons. The van der Waals surface area contributed by atoms with Crippen LogP contribution in [0.1, 0.15) is 0 Å². The van der Waals surface area contributed by atoms with E-state index in [2.05, 4.69) is 0 Å². The molecule has 0 aliphatic heterocycles. The molecule has 2 heterocycles. The van der Waals surface area contributed by atoms with Crippen LogP contribution in [-0.2, 0) is 7.05 Å². The summed E-state index contributed by atoms with van der Waals surface area (Å²) in [4.78, 5) is 11.6. The number of hydrogen-bond donors (Lipinski definition) is 1. The number of anilines is 1. The summed E-state index contributed by atoms with van der Waals surface area (Å²) in [7, 11) is 1.66. The number of aromatic nitrogens is 1. The van der Waals surface area contributed by atoms with Crippen LogP contribution < -0.4 is 11.3 Å². The molecule has 0 amide bonds. The average molecular weight is 215 g/mol. The van der Waals surface area contributed by atoms with Gasteiger partial charge in [-0.25, -0.2) is 0 Å². The highest BCUT2D eigenvalue weighted by molar-refractivity contribution is 7.18. The van der Waals surface area contributed by atoms with Gasteiger partial charge in [0.25, 0.3) is 5.56 Å². The number of nitrogen functional groups attached to an aromatic ring is 1. The van der Waals surface area contributed by atoms with Gasteiger partial charge in [0.2, 0.25) is 0 Å².